The summed E-state index contributed by atoms with van der Waals surface area (Å²) in [5.41, 5.74) is -0.0219. The van der Waals surface area contributed by atoms with Gasteiger partial charge in [0.25, 0.3) is 5.56 Å². The number of thioether (sulfide) groups is 1. The molecule has 4 saturated heterocycles. The van der Waals surface area contributed by atoms with Gasteiger partial charge >= 0.3 is 17.9 Å². The summed E-state index contributed by atoms with van der Waals surface area (Å²) in [6.07, 6.45) is -2.68. The van der Waals surface area contributed by atoms with Gasteiger partial charge in [0, 0.05) is 38.0 Å². The van der Waals surface area contributed by atoms with Crippen molar-refractivity contribution in [2.75, 3.05) is 44.4 Å². The van der Waals surface area contributed by atoms with Gasteiger partial charge in [-0.2, -0.15) is 11.8 Å². The zero-order valence-corrected chi connectivity index (χ0v) is 50.9. The second kappa shape index (κ2) is 34.7. The monoisotopic (exact) mass is 1270 g/mol. The van der Waals surface area contributed by atoms with Gasteiger partial charge in [-0.3, -0.25) is 48.1 Å². The number of rotatable bonds is 23. The number of hydrogen-bond donors (Lipinski definition) is 14. The number of carbonyl (C=O) groups excluding carboxylic acids is 9. The van der Waals surface area contributed by atoms with Crippen LogP contribution in [0.15, 0.2) is 10.9 Å². The van der Waals surface area contributed by atoms with Crippen molar-refractivity contribution in [3.05, 3.63) is 22.1 Å². The molecule has 88 heavy (non-hydrogen) atoms. The van der Waals surface area contributed by atoms with E-state index in [0.29, 0.717) is 35.1 Å². The van der Waals surface area contributed by atoms with Crippen molar-refractivity contribution in [3.63, 3.8) is 0 Å². The molecule has 0 radical (unpaired) electrons. The number of esters is 1. The fourth-order valence-corrected chi connectivity index (χ4v) is 11.7. The number of anilines is 1. The third-order valence-corrected chi connectivity index (χ3v) is 16.5. The van der Waals surface area contributed by atoms with Crippen molar-refractivity contribution in [1.82, 2.24) is 51.3 Å². The number of carboxylic acid groups (broad SMARTS) is 2. The van der Waals surface area contributed by atoms with Crippen molar-refractivity contribution < 1.29 is 93.2 Å². The first-order valence-electron chi connectivity index (χ1n) is 30.0. The number of aromatic amines is 1. The van der Waals surface area contributed by atoms with Crippen LogP contribution in [0, 0.1) is 5.92 Å². The van der Waals surface area contributed by atoms with Crippen LogP contribution in [0.3, 0.4) is 0 Å². The zero-order valence-electron chi connectivity index (χ0n) is 50.1. The van der Waals surface area contributed by atoms with Gasteiger partial charge in [0.2, 0.25) is 53.2 Å². The quantitative estimate of drug-likeness (QED) is 0.0382. The maximum atomic E-state index is 14.6. The lowest BCUT2D eigenvalue weighted by Crippen LogP contribution is -2.64. The summed E-state index contributed by atoms with van der Waals surface area (Å²) < 4.78 is 5.68. The summed E-state index contributed by atoms with van der Waals surface area (Å²) in [5, 5.41) is 88.5. The molecule has 1 aromatic rings. The lowest BCUT2D eigenvalue weighted by molar-refractivity contribution is -0.165. The Balaban J connectivity index is 1.52. The molecule has 0 bridgehead atoms. The van der Waals surface area contributed by atoms with Crippen molar-refractivity contribution in [1.29, 1.82) is 0 Å². The minimum absolute atomic E-state index is 0.00499. The summed E-state index contributed by atoms with van der Waals surface area (Å²) in [6, 6.07) is -13.8. The molecule has 13 atom stereocenters. The molecule has 8 amide bonds. The number of ether oxygens (including phenoxy) is 1. The number of nitrogens with one attached hydrogen (secondary N) is 7. The molecular weight excluding hydrogens is 1180 g/mol. The standard InChI is InChI=1S/C56H87N11O20S/c1-29(2)15-10-8-6-5-7-9-11-16-32-26-39(72)61-40(30(3)69)52(81)66-23-14-19-36(66)51(80)65-22-13-18-35(65)47(76)59-33(17-12-21-57-56-58-31(28-88-4)25-38(71)62-56)46(75)63-41(44(73)53(82)83)48(77)60-34(27-68)50(79)67-24-20-37(70)43(67)49(78)64-42(55(86)87-32)45(74)54(84)85/h25,29-30,32-37,40-45,68-70,73-74H,5-24,26-28H2,1-4H3,(H,59,76)(H,60,77)(H,61,72)(H,63,75)(H,64,78)(H,82,83)(H,84,85)(H2,57,58,62,71)/t30-,32-,33+,34-,35?,36-,37+,40-,41-,42+,43+,44-,45+/m1/s1. The zero-order chi connectivity index (χ0) is 64.9. The summed E-state index contributed by atoms with van der Waals surface area (Å²) in [6.45, 7) is 3.63. The number of carboxylic acids is 2. The van der Waals surface area contributed by atoms with Crippen LogP contribution in [0.2, 0.25) is 0 Å². The molecule has 1 aromatic heterocycles. The summed E-state index contributed by atoms with van der Waals surface area (Å²) in [5.74, 6) is -13.8. The molecule has 14 N–H and O–H groups in total. The molecule has 0 aliphatic carbocycles. The fraction of sp³-hybridized carbons (Fsp3) is 0.732. The van der Waals surface area contributed by atoms with Gasteiger partial charge in [-0.25, -0.2) is 19.4 Å². The molecule has 4 aliphatic heterocycles. The third kappa shape index (κ3) is 20.3. The average Bonchev–Trinajstić information content (AvgIpc) is 1.90. The Hall–Kier alpha value is -7.00. The highest BCUT2D eigenvalue weighted by Gasteiger charge is 2.49. The van der Waals surface area contributed by atoms with Gasteiger partial charge in [-0.15, -0.1) is 0 Å². The summed E-state index contributed by atoms with van der Waals surface area (Å²) >= 11 is 1.41. The molecule has 0 spiro atoms. The predicted molar refractivity (Wildman–Crippen MR) is 312 cm³/mol. The Morgan fingerprint density at radius 2 is 1.27 bits per heavy atom. The van der Waals surface area contributed by atoms with E-state index in [1.54, 1.807) is 6.26 Å². The van der Waals surface area contributed by atoms with E-state index in [2.05, 4.69) is 45.1 Å². The molecule has 32 heteroatoms. The van der Waals surface area contributed by atoms with Gasteiger partial charge in [-0.05, 0) is 76.9 Å². The van der Waals surface area contributed by atoms with Crippen LogP contribution >= 0.6 is 11.8 Å². The van der Waals surface area contributed by atoms with Gasteiger partial charge in [0.05, 0.1) is 30.9 Å². The molecule has 0 aromatic carbocycles. The first kappa shape index (κ1) is 71.8. The number of unbranched alkanes of at least 4 members (excludes halogenated alkanes) is 6. The highest BCUT2D eigenvalue weighted by molar-refractivity contribution is 7.97. The van der Waals surface area contributed by atoms with Crippen molar-refractivity contribution >= 4 is 82.9 Å². The largest absolute Gasteiger partial charge is 0.479 e. The van der Waals surface area contributed by atoms with Crippen LogP contribution in [-0.2, 0) is 63.2 Å². The molecule has 0 saturated carbocycles. The molecule has 492 valence electrons. The third-order valence-electron chi connectivity index (χ3n) is 15.9. The lowest BCUT2D eigenvalue weighted by atomic mass is 10.0. The van der Waals surface area contributed by atoms with E-state index in [9.17, 15) is 93.3 Å². The first-order chi connectivity index (χ1) is 41.8. The number of cyclic esters (lactones) is 1. The Bertz CT molecular complexity index is 2680. The van der Waals surface area contributed by atoms with Gasteiger partial charge in [0.1, 0.15) is 48.4 Å². The van der Waals surface area contributed by atoms with E-state index in [0.717, 1.165) is 43.4 Å². The Labute approximate surface area is 512 Å². The smallest absolute Gasteiger partial charge is 0.335 e. The molecular formula is C56H87N11O20S. The van der Waals surface area contributed by atoms with E-state index in [1.807, 2.05) is 10.6 Å². The minimum atomic E-state index is -2.78. The SMILES string of the molecule is CSCc1cc(=O)[nH]c(NCCC[C@@H]2NC(=O)C3CCCN3C(=O)[C@H]3CCCN3C(=O)[C@@H]([C@@H](C)O)NC(=O)C[C@@H](CCCCCCCCCC(C)C)OC(=O)[C@H]([C@H](O)C(=O)O)NC(=O)[C@@H]3[C@@H](O)CCN3C(=O)[C@@H](CO)NC(=O)[C@@H]([C@@H](O)C(=O)O)NC2=O)n1. The summed E-state index contributed by atoms with van der Waals surface area (Å²) in [7, 11) is 0. The van der Waals surface area contributed by atoms with Crippen LogP contribution in [0.5, 0.6) is 0 Å². The van der Waals surface area contributed by atoms with E-state index in [1.165, 1.54) is 29.7 Å². The fourth-order valence-electron chi connectivity index (χ4n) is 11.2. The minimum Gasteiger partial charge on any atom is -0.479 e. The van der Waals surface area contributed by atoms with E-state index < -0.39 is 169 Å². The van der Waals surface area contributed by atoms with Crippen molar-refractivity contribution in [2.24, 2.45) is 5.92 Å². The predicted octanol–water partition coefficient (Wildman–Crippen LogP) is -3.06. The lowest BCUT2D eigenvalue weighted by Gasteiger charge is -2.34. The highest BCUT2D eigenvalue weighted by atomic mass is 32.2. The highest BCUT2D eigenvalue weighted by Crippen LogP contribution is 2.27. The first-order valence-corrected chi connectivity index (χ1v) is 31.4. The molecule has 4 aliphatic rings. The van der Waals surface area contributed by atoms with E-state index >= 15 is 0 Å². The van der Waals surface area contributed by atoms with Gasteiger partial charge in [0.15, 0.2) is 18.2 Å². The average molecular weight is 1270 g/mol. The van der Waals surface area contributed by atoms with Crippen molar-refractivity contribution in [3.8, 4) is 0 Å². The van der Waals surface area contributed by atoms with Gasteiger partial charge in [-0.1, -0.05) is 58.8 Å². The van der Waals surface area contributed by atoms with Crippen LogP contribution < -0.4 is 37.5 Å². The van der Waals surface area contributed by atoms with Crippen LogP contribution in [0.4, 0.5) is 5.95 Å². The molecule has 1 unspecified atom stereocenters. The number of aliphatic carboxylic acids is 2. The second-order valence-electron chi connectivity index (χ2n) is 23.1. The number of hydrogen-bond acceptors (Lipinski definition) is 21. The number of fused-ring (bicyclic) bond motifs is 3. The topological polar surface area (TPSA) is 466 Å². The Morgan fingerprint density at radius 1 is 0.670 bits per heavy atom. The maximum Gasteiger partial charge on any atom is 0.335 e. The van der Waals surface area contributed by atoms with Gasteiger partial charge < -0.3 is 87.1 Å². The number of carbonyl (C=O) groups is 11. The number of nitrogens with zero attached hydrogens (tertiary/aromatic N) is 4. The van der Waals surface area contributed by atoms with Crippen LogP contribution in [-0.4, -0.2) is 243 Å². The van der Waals surface area contributed by atoms with Crippen LogP contribution in [0.25, 0.3) is 0 Å². The van der Waals surface area contributed by atoms with Crippen LogP contribution in [0.1, 0.15) is 136 Å². The van der Waals surface area contributed by atoms with Crippen molar-refractivity contribution in [2.45, 2.75) is 215 Å². The molecule has 4 fully saturated rings. The maximum absolute atomic E-state index is 14.6. The normalized spacial score (nSPS) is 26.9. The van der Waals surface area contributed by atoms with E-state index in [4.69, 9.17) is 4.74 Å². The Morgan fingerprint density at radius 3 is 1.90 bits per heavy atom. The molecule has 5 heterocycles. The molecule has 31 nitrogen and oxygen atoms in total. The summed E-state index contributed by atoms with van der Waals surface area (Å²) in [4.78, 5) is 175. The number of aromatic nitrogens is 2. The number of H-pyrrole nitrogens is 1. The number of aliphatic hydroxyl groups is 5. The number of amides is 8. The second-order valence-corrected chi connectivity index (χ2v) is 24.0. The van der Waals surface area contributed by atoms with E-state index in [-0.39, 0.29) is 76.9 Å². The number of aliphatic hydroxyl groups excluding tert-OH is 5. The molecule has 5 rings (SSSR count). The Kier molecular flexibility index (Phi) is 28.3.